The summed E-state index contributed by atoms with van der Waals surface area (Å²) in [5.41, 5.74) is 2.02. The highest BCUT2D eigenvalue weighted by Crippen LogP contribution is 2.25. The van der Waals surface area contributed by atoms with Crippen LogP contribution in [0.5, 0.6) is 0 Å². The van der Waals surface area contributed by atoms with Gasteiger partial charge in [0.2, 0.25) is 5.91 Å². The maximum Gasteiger partial charge on any atom is 0.233 e. The molecule has 5 nitrogen and oxygen atoms in total. The Morgan fingerprint density at radius 3 is 2.57 bits per heavy atom. The van der Waals surface area contributed by atoms with Crippen LogP contribution in [-0.4, -0.2) is 38.4 Å². The van der Waals surface area contributed by atoms with Crippen LogP contribution in [-0.2, 0) is 17.9 Å². The van der Waals surface area contributed by atoms with E-state index >= 15 is 0 Å². The van der Waals surface area contributed by atoms with Crippen molar-refractivity contribution >= 4 is 45.2 Å². The number of thioether (sulfide) groups is 1. The van der Waals surface area contributed by atoms with E-state index in [2.05, 4.69) is 26.1 Å². The molecule has 8 heteroatoms. The van der Waals surface area contributed by atoms with E-state index in [4.69, 9.17) is 11.6 Å². The molecule has 0 unspecified atom stereocenters. The number of halogens is 2. The van der Waals surface area contributed by atoms with Crippen molar-refractivity contribution in [3.63, 3.8) is 0 Å². The lowest BCUT2D eigenvalue weighted by Gasteiger charge is -2.18. The van der Waals surface area contributed by atoms with Gasteiger partial charge in [0.15, 0.2) is 11.0 Å². The average molecular weight is 480 g/mol. The fourth-order valence-electron chi connectivity index (χ4n) is 2.70. The normalized spacial score (nSPS) is 10.9. The summed E-state index contributed by atoms with van der Waals surface area (Å²) in [6.07, 6.45) is 0. The molecule has 0 aliphatic heterocycles. The molecule has 0 N–H and O–H groups in total. The first kappa shape index (κ1) is 20.9. The lowest BCUT2D eigenvalue weighted by molar-refractivity contribution is -0.127. The molecule has 0 saturated carbocycles. The van der Waals surface area contributed by atoms with E-state index in [0.717, 1.165) is 26.6 Å². The number of amides is 1. The third kappa shape index (κ3) is 4.96. The van der Waals surface area contributed by atoms with E-state index in [-0.39, 0.29) is 5.91 Å². The van der Waals surface area contributed by atoms with E-state index < -0.39 is 0 Å². The zero-order valence-electron chi connectivity index (χ0n) is 15.6. The Morgan fingerprint density at radius 1 is 1.18 bits per heavy atom. The monoisotopic (exact) mass is 478 g/mol. The van der Waals surface area contributed by atoms with Crippen molar-refractivity contribution in [3.05, 3.63) is 63.6 Å². The zero-order valence-corrected chi connectivity index (χ0v) is 18.8. The molecule has 0 atom stereocenters. The number of nitrogens with zero attached hydrogens (tertiary/aromatic N) is 4. The summed E-state index contributed by atoms with van der Waals surface area (Å²) in [6, 6.07) is 15.4. The van der Waals surface area contributed by atoms with E-state index in [1.807, 2.05) is 67.1 Å². The summed E-state index contributed by atoms with van der Waals surface area (Å²) in [7, 11) is 1.81. The summed E-state index contributed by atoms with van der Waals surface area (Å²) >= 11 is 10.9. The second kappa shape index (κ2) is 9.58. The molecule has 0 saturated heterocycles. The Balaban J connectivity index is 1.66. The molecule has 1 heterocycles. The van der Waals surface area contributed by atoms with E-state index in [0.29, 0.717) is 23.9 Å². The molecule has 0 radical (unpaired) electrons. The first-order chi connectivity index (χ1) is 13.5. The molecule has 1 aromatic heterocycles. The second-order valence-electron chi connectivity index (χ2n) is 6.19. The van der Waals surface area contributed by atoms with Gasteiger partial charge in [-0.3, -0.25) is 4.79 Å². The standard InChI is InChI=1S/C20H20BrClN4OS/c1-3-26-19(14-8-10-16(22)11-9-14)23-24-20(26)28-13-18(27)25(2)12-15-6-4-5-7-17(15)21/h4-11H,3,12-13H2,1-2H3. The molecule has 3 aromatic rings. The zero-order chi connectivity index (χ0) is 20.1. The molecule has 28 heavy (non-hydrogen) atoms. The molecular weight excluding hydrogens is 460 g/mol. The maximum atomic E-state index is 12.6. The minimum atomic E-state index is 0.0412. The molecule has 0 spiro atoms. The van der Waals surface area contributed by atoms with Crippen molar-refractivity contribution in [3.8, 4) is 11.4 Å². The Bertz CT molecular complexity index is 961. The Labute approximate surface area is 182 Å². The summed E-state index contributed by atoms with van der Waals surface area (Å²) in [5, 5.41) is 10.00. The largest absolute Gasteiger partial charge is 0.341 e. The van der Waals surface area contributed by atoms with Gasteiger partial charge in [-0.1, -0.05) is 57.5 Å². The molecule has 2 aromatic carbocycles. The van der Waals surface area contributed by atoms with Gasteiger partial charge in [-0.05, 0) is 42.8 Å². The number of hydrogen-bond donors (Lipinski definition) is 0. The highest BCUT2D eigenvalue weighted by atomic mass is 79.9. The third-order valence-corrected chi connectivity index (χ3v) is 6.23. The quantitative estimate of drug-likeness (QED) is 0.441. The summed E-state index contributed by atoms with van der Waals surface area (Å²) in [6.45, 7) is 3.30. The molecule has 0 aliphatic rings. The van der Waals surface area contributed by atoms with Crippen LogP contribution in [0.3, 0.4) is 0 Å². The van der Waals surface area contributed by atoms with Crippen molar-refractivity contribution < 1.29 is 4.79 Å². The molecule has 0 bridgehead atoms. The smallest absolute Gasteiger partial charge is 0.233 e. The number of carbonyl (C=O) groups excluding carboxylic acids is 1. The predicted octanol–water partition coefficient (Wildman–Crippen LogP) is 5.13. The van der Waals surface area contributed by atoms with E-state index in [9.17, 15) is 4.79 Å². The van der Waals surface area contributed by atoms with Crippen molar-refractivity contribution in [2.75, 3.05) is 12.8 Å². The van der Waals surface area contributed by atoms with Gasteiger partial charge >= 0.3 is 0 Å². The minimum absolute atomic E-state index is 0.0412. The fourth-order valence-corrected chi connectivity index (χ4v) is 4.18. The lowest BCUT2D eigenvalue weighted by Crippen LogP contribution is -2.28. The van der Waals surface area contributed by atoms with Gasteiger partial charge in [-0.25, -0.2) is 0 Å². The molecule has 3 rings (SSSR count). The van der Waals surface area contributed by atoms with Gasteiger partial charge < -0.3 is 9.47 Å². The van der Waals surface area contributed by atoms with Gasteiger partial charge in [0.1, 0.15) is 0 Å². The van der Waals surface area contributed by atoms with Crippen LogP contribution in [0, 0.1) is 0 Å². The summed E-state index contributed by atoms with van der Waals surface area (Å²) in [5.74, 6) is 1.12. The number of hydrogen-bond acceptors (Lipinski definition) is 4. The molecule has 146 valence electrons. The Kier molecular flexibility index (Phi) is 7.15. The Hall–Kier alpha value is -1.83. The SMILES string of the molecule is CCn1c(SCC(=O)N(C)Cc2ccccc2Br)nnc1-c1ccc(Cl)cc1. The fraction of sp³-hybridized carbons (Fsp3) is 0.250. The second-order valence-corrected chi connectivity index (χ2v) is 8.42. The van der Waals surface area contributed by atoms with Crippen molar-refractivity contribution in [2.24, 2.45) is 0 Å². The van der Waals surface area contributed by atoms with Gasteiger partial charge in [-0.15, -0.1) is 10.2 Å². The molecule has 1 amide bonds. The van der Waals surface area contributed by atoms with Gasteiger partial charge in [-0.2, -0.15) is 0 Å². The van der Waals surface area contributed by atoms with Gasteiger partial charge in [0, 0.05) is 35.2 Å². The van der Waals surface area contributed by atoms with Crippen LogP contribution >= 0.6 is 39.3 Å². The third-order valence-electron chi connectivity index (χ3n) is 4.25. The summed E-state index contributed by atoms with van der Waals surface area (Å²) in [4.78, 5) is 14.3. The van der Waals surface area contributed by atoms with E-state index in [1.165, 1.54) is 11.8 Å². The van der Waals surface area contributed by atoms with Crippen LogP contribution in [0.25, 0.3) is 11.4 Å². The number of aromatic nitrogens is 3. The van der Waals surface area contributed by atoms with E-state index in [1.54, 1.807) is 4.90 Å². The molecule has 0 fully saturated rings. The van der Waals surface area contributed by atoms with Crippen molar-refractivity contribution in [1.82, 2.24) is 19.7 Å². The highest BCUT2D eigenvalue weighted by Gasteiger charge is 2.16. The summed E-state index contributed by atoms with van der Waals surface area (Å²) < 4.78 is 3.01. The predicted molar refractivity (Wildman–Crippen MR) is 117 cm³/mol. The minimum Gasteiger partial charge on any atom is -0.341 e. The van der Waals surface area contributed by atoms with Crippen LogP contribution in [0.2, 0.25) is 5.02 Å². The maximum absolute atomic E-state index is 12.6. The molecular formula is C20H20BrClN4OS. The van der Waals surface area contributed by atoms with Gasteiger partial charge in [0.05, 0.1) is 5.75 Å². The number of rotatable bonds is 7. The van der Waals surface area contributed by atoms with Crippen LogP contribution in [0.15, 0.2) is 58.2 Å². The van der Waals surface area contributed by atoms with Crippen LogP contribution in [0.1, 0.15) is 12.5 Å². The number of benzene rings is 2. The first-order valence-electron chi connectivity index (χ1n) is 8.79. The van der Waals surface area contributed by atoms with Crippen LogP contribution in [0.4, 0.5) is 0 Å². The van der Waals surface area contributed by atoms with Gasteiger partial charge in [0.25, 0.3) is 0 Å². The average Bonchev–Trinajstić information content (AvgIpc) is 3.11. The Morgan fingerprint density at radius 2 is 1.89 bits per heavy atom. The lowest BCUT2D eigenvalue weighted by atomic mass is 10.2. The van der Waals surface area contributed by atoms with Crippen molar-refractivity contribution in [2.45, 2.75) is 25.2 Å². The highest BCUT2D eigenvalue weighted by molar-refractivity contribution is 9.10. The topological polar surface area (TPSA) is 51.0 Å². The molecule has 0 aliphatic carbocycles. The van der Waals surface area contributed by atoms with Crippen molar-refractivity contribution in [1.29, 1.82) is 0 Å². The van der Waals surface area contributed by atoms with Crippen LogP contribution < -0.4 is 0 Å². The number of carbonyl (C=O) groups is 1. The first-order valence-corrected chi connectivity index (χ1v) is 10.9.